The second kappa shape index (κ2) is 5.85. The highest BCUT2D eigenvalue weighted by atomic mass is 32.2. The van der Waals surface area contributed by atoms with Gasteiger partial charge in [-0.05, 0) is 23.3 Å². The van der Waals surface area contributed by atoms with E-state index in [4.69, 9.17) is 5.73 Å². The summed E-state index contributed by atoms with van der Waals surface area (Å²) in [6, 6.07) is 4.94. The molecule has 0 aromatic heterocycles. The zero-order valence-electron chi connectivity index (χ0n) is 10.2. The van der Waals surface area contributed by atoms with Crippen LogP contribution in [0.4, 0.5) is 4.39 Å². The van der Waals surface area contributed by atoms with Gasteiger partial charge in [-0.25, -0.2) is 4.39 Å². The number of rotatable bonds is 3. The summed E-state index contributed by atoms with van der Waals surface area (Å²) in [5, 5.41) is 0.686. The lowest BCUT2D eigenvalue weighted by atomic mass is 10.1. The fourth-order valence-electron chi connectivity index (χ4n) is 2.21. The van der Waals surface area contributed by atoms with Crippen LogP contribution in [0.3, 0.4) is 0 Å². The molecule has 1 atom stereocenters. The molecule has 2 rings (SSSR count). The number of hydrogen-bond acceptors (Lipinski definition) is 3. The van der Waals surface area contributed by atoms with E-state index in [1.165, 1.54) is 11.8 Å². The SMILES string of the molecule is CC1CN(Cc2ccc(F)cc2CN)CCS1. The van der Waals surface area contributed by atoms with E-state index >= 15 is 0 Å². The van der Waals surface area contributed by atoms with Gasteiger partial charge in [0.15, 0.2) is 0 Å². The zero-order chi connectivity index (χ0) is 12.3. The first-order valence-corrected chi connectivity index (χ1v) is 7.05. The Morgan fingerprint density at radius 3 is 3.00 bits per heavy atom. The first kappa shape index (κ1) is 12.9. The van der Waals surface area contributed by atoms with E-state index in [-0.39, 0.29) is 5.82 Å². The molecule has 94 valence electrons. The molecule has 1 aliphatic heterocycles. The molecule has 0 saturated carbocycles. The molecule has 1 aromatic rings. The summed E-state index contributed by atoms with van der Waals surface area (Å²) in [5.41, 5.74) is 7.75. The molecule has 1 unspecified atom stereocenters. The Labute approximate surface area is 106 Å². The minimum absolute atomic E-state index is 0.197. The predicted octanol–water partition coefficient (Wildman–Crippen LogP) is 2.22. The van der Waals surface area contributed by atoms with Gasteiger partial charge >= 0.3 is 0 Å². The van der Waals surface area contributed by atoms with Crippen LogP contribution in [0.25, 0.3) is 0 Å². The third-order valence-electron chi connectivity index (χ3n) is 3.11. The first-order chi connectivity index (χ1) is 8.19. The van der Waals surface area contributed by atoms with E-state index < -0.39 is 0 Å². The van der Waals surface area contributed by atoms with E-state index in [0.29, 0.717) is 11.8 Å². The Balaban J connectivity index is 2.07. The molecule has 17 heavy (non-hydrogen) atoms. The molecule has 2 nitrogen and oxygen atoms in total. The minimum Gasteiger partial charge on any atom is -0.326 e. The second-order valence-electron chi connectivity index (χ2n) is 4.53. The van der Waals surface area contributed by atoms with Gasteiger partial charge in [0.2, 0.25) is 0 Å². The zero-order valence-corrected chi connectivity index (χ0v) is 11.0. The van der Waals surface area contributed by atoms with Crippen molar-refractivity contribution in [2.75, 3.05) is 18.8 Å². The van der Waals surface area contributed by atoms with Gasteiger partial charge in [-0.15, -0.1) is 0 Å². The summed E-state index contributed by atoms with van der Waals surface area (Å²) in [6.07, 6.45) is 0. The molecule has 1 heterocycles. The molecule has 2 N–H and O–H groups in total. The fourth-order valence-corrected chi connectivity index (χ4v) is 3.30. The van der Waals surface area contributed by atoms with Crippen molar-refractivity contribution in [2.24, 2.45) is 5.73 Å². The van der Waals surface area contributed by atoms with E-state index in [2.05, 4.69) is 11.8 Å². The van der Waals surface area contributed by atoms with Crippen LogP contribution in [0.15, 0.2) is 18.2 Å². The molecule has 0 aliphatic carbocycles. The molecule has 1 aromatic carbocycles. The molecule has 0 radical (unpaired) electrons. The topological polar surface area (TPSA) is 29.3 Å². The maximum Gasteiger partial charge on any atom is 0.123 e. The Morgan fingerprint density at radius 1 is 1.47 bits per heavy atom. The molecular weight excluding hydrogens is 235 g/mol. The molecular formula is C13H19FN2S. The van der Waals surface area contributed by atoms with Crippen molar-refractivity contribution in [1.82, 2.24) is 4.90 Å². The third-order valence-corrected chi connectivity index (χ3v) is 4.24. The molecule has 1 fully saturated rings. The number of nitrogens with zero attached hydrogens (tertiary/aromatic N) is 1. The third kappa shape index (κ3) is 3.44. The molecule has 1 aliphatic rings. The van der Waals surface area contributed by atoms with E-state index in [0.717, 1.165) is 30.8 Å². The van der Waals surface area contributed by atoms with E-state index in [1.807, 2.05) is 17.8 Å². The van der Waals surface area contributed by atoms with Crippen molar-refractivity contribution >= 4 is 11.8 Å². The van der Waals surface area contributed by atoms with Crippen LogP contribution in [0, 0.1) is 5.82 Å². The molecule has 0 spiro atoms. The largest absolute Gasteiger partial charge is 0.326 e. The van der Waals surface area contributed by atoms with Crippen LogP contribution in [-0.2, 0) is 13.1 Å². The lowest BCUT2D eigenvalue weighted by molar-refractivity contribution is 0.277. The minimum atomic E-state index is -0.197. The van der Waals surface area contributed by atoms with Gasteiger partial charge in [0, 0.05) is 37.2 Å². The quantitative estimate of drug-likeness (QED) is 0.897. The van der Waals surface area contributed by atoms with Crippen LogP contribution < -0.4 is 5.73 Å². The number of nitrogens with two attached hydrogens (primary N) is 1. The van der Waals surface area contributed by atoms with Crippen molar-refractivity contribution in [1.29, 1.82) is 0 Å². The molecule has 4 heteroatoms. The van der Waals surface area contributed by atoms with Gasteiger partial charge in [-0.2, -0.15) is 11.8 Å². The number of halogens is 1. The van der Waals surface area contributed by atoms with Crippen molar-refractivity contribution in [3.63, 3.8) is 0 Å². The van der Waals surface area contributed by atoms with Crippen LogP contribution in [0.1, 0.15) is 18.1 Å². The summed E-state index contributed by atoms with van der Waals surface area (Å²) in [5.74, 6) is 0.983. The Bertz CT molecular complexity index is 384. The van der Waals surface area contributed by atoms with Crippen LogP contribution in [-0.4, -0.2) is 29.0 Å². The summed E-state index contributed by atoms with van der Waals surface area (Å²) >= 11 is 2.02. The smallest absolute Gasteiger partial charge is 0.123 e. The van der Waals surface area contributed by atoms with Gasteiger partial charge in [0.1, 0.15) is 5.82 Å². The van der Waals surface area contributed by atoms with Crippen molar-refractivity contribution in [3.8, 4) is 0 Å². The van der Waals surface area contributed by atoms with Gasteiger partial charge in [0.25, 0.3) is 0 Å². The van der Waals surface area contributed by atoms with Crippen molar-refractivity contribution in [3.05, 3.63) is 35.1 Å². The Kier molecular flexibility index (Phi) is 4.42. The van der Waals surface area contributed by atoms with Crippen molar-refractivity contribution in [2.45, 2.75) is 25.3 Å². The normalized spacial score (nSPS) is 21.7. The van der Waals surface area contributed by atoms with Crippen LogP contribution in [0.2, 0.25) is 0 Å². The molecule has 0 amide bonds. The lowest BCUT2D eigenvalue weighted by Gasteiger charge is -2.31. The number of thioether (sulfide) groups is 1. The Morgan fingerprint density at radius 2 is 2.29 bits per heavy atom. The van der Waals surface area contributed by atoms with Crippen LogP contribution >= 0.6 is 11.8 Å². The number of hydrogen-bond donors (Lipinski definition) is 1. The van der Waals surface area contributed by atoms with Gasteiger partial charge in [-0.1, -0.05) is 13.0 Å². The monoisotopic (exact) mass is 254 g/mol. The van der Waals surface area contributed by atoms with Gasteiger partial charge in [0.05, 0.1) is 0 Å². The average Bonchev–Trinajstić information content (AvgIpc) is 2.31. The highest BCUT2D eigenvalue weighted by molar-refractivity contribution is 7.99. The summed E-state index contributed by atoms with van der Waals surface area (Å²) < 4.78 is 13.1. The maximum absolute atomic E-state index is 13.1. The second-order valence-corrected chi connectivity index (χ2v) is 6.08. The first-order valence-electron chi connectivity index (χ1n) is 6.00. The highest BCUT2D eigenvalue weighted by Gasteiger charge is 2.17. The average molecular weight is 254 g/mol. The standard InChI is InChI=1S/C13H19FN2S/c1-10-8-16(4-5-17-10)9-11-2-3-13(14)6-12(11)7-15/h2-3,6,10H,4-5,7-9,15H2,1H3. The fraction of sp³-hybridized carbons (Fsp3) is 0.538. The van der Waals surface area contributed by atoms with Gasteiger partial charge in [-0.3, -0.25) is 4.90 Å². The summed E-state index contributed by atoms with van der Waals surface area (Å²) in [7, 11) is 0. The predicted molar refractivity (Wildman–Crippen MR) is 71.5 cm³/mol. The summed E-state index contributed by atoms with van der Waals surface area (Å²) in [4.78, 5) is 2.42. The number of benzene rings is 1. The van der Waals surface area contributed by atoms with Gasteiger partial charge < -0.3 is 5.73 Å². The van der Waals surface area contributed by atoms with Crippen molar-refractivity contribution < 1.29 is 4.39 Å². The lowest BCUT2D eigenvalue weighted by Crippen LogP contribution is -2.36. The highest BCUT2D eigenvalue weighted by Crippen LogP contribution is 2.21. The maximum atomic E-state index is 13.1. The summed E-state index contributed by atoms with van der Waals surface area (Å²) in [6.45, 7) is 5.76. The molecule has 1 saturated heterocycles. The molecule has 0 bridgehead atoms. The van der Waals surface area contributed by atoms with Crippen LogP contribution in [0.5, 0.6) is 0 Å². The van der Waals surface area contributed by atoms with E-state index in [9.17, 15) is 4.39 Å². The van der Waals surface area contributed by atoms with E-state index in [1.54, 1.807) is 6.07 Å². The Hall–Kier alpha value is -0.580.